The standard InChI is InChI=1S/C11H21N3O2/c1-3-10(2)13-11-8-12-14(9-11)4-6-16-7-5-15/h8-10,13,15H,3-7H2,1-2H3. The van der Waals surface area contributed by atoms with Crippen LogP contribution in [-0.4, -0.2) is 40.7 Å². The van der Waals surface area contributed by atoms with Gasteiger partial charge in [-0.25, -0.2) is 0 Å². The van der Waals surface area contributed by atoms with Crippen molar-refractivity contribution in [2.45, 2.75) is 32.9 Å². The van der Waals surface area contributed by atoms with Gasteiger partial charge in [-0.15, -0.1) is 0 Å². The van der Waals surface area contributed by atoms with Gasteiger partial charge in [0.25, 0.3) is 0 Å². The molecule has 1 atom stereocenters. The van der Waals surface area contributed by atoms with Crippen LogP contribution in [0.5, 0.6) is 0 Å². The molecular weight excluding hydrogens is 206 g/mol. The zero-order valence-corrected chi connectivity index (χ0v) is 10.0. The maximum Gasteiger partial charge on any atom is 0.0728 e. The van der Waals surface area contributed by atoms with E-state index < -0.39 is 0 Å². The minimum absolute atomic E-state index is 0.0694. The monoisotopic (exact) mass is 227 g/mol. The molecule has 1 heterocycles. The van der Waals surface area contributed by atoms with E-state index in [0.29, 0.717) is 25.8 Å². The number of hydrogen-bond acceptors (Lipinski definition) is 4. The first-order valence-electron chi connectivity index (χ1n) is 5.73. The summed E-state index contributed by atoms with van der Waals surface area (Å²) in [7, 11) is 0. The third-order valence-corrected chi connectivity index (χ3v) is 2.36. The molecule has 0 saturated carbocycles. The Kier molecular flexibility index (Phi) is 5.88. The summed E-state index contributed by atoms with van der Waals surface area (Å²) in [5.41, 5.74) is 1.04. The average Bonchev–Trinajstić information content (AvgIpc) is 2.72. The Labute approximate surface area is 96.4 Å². The molecule has 92 valence electrons. The van der Waals surface area contributed by atoms with Crippen LogP contribution in [0.25, 0.3) is 0 Å². The van der Waals surface area contributed by atoms with Gasteiger partial charge >= 0.3 is 0 Å². The fraction of sp³-hybridized carbons (Fsp3) is 0.727. The molecule has 0 bridgehead atoms. The number of nitrogens with one attached hydrogen (secondary N) is 1. The normalized spacial score (nSPS) is 12.7. The highest BCUT2D eigenvalue weighted by molar-refractivity contribution is 5.38. The number of hydrogen-bond donors (Lipinski definition) is 2. The summed E-state index contributed by atoms with van der Waals surface area (Å²) in [6.07, 6.45) is 4.87. The minimum atomic E-state index is 0.0694. The van der Waals surface area contributed by atoms with Gasteiger partial charge in [-0.2, -0.15) is 5.10 Å². The Hall–Kier alpha value is -1.07. The second-order valence-corrected chi connectivity index (χ2v) is 3.78. The first-order chi connectivity index (χ1) is 7.76. The van der Waals surface area contributed by atoms with Crippen molar-refractivity contribution in [2.75, 3.05) is 25.1 Å². The Morgan fingerprint density at radius 2 is 2.38 bits per heavy atom. The molecule has 0 aliphatic carbocycles. The Morgan fingerprint density at radius 3 is 3.06 bits per heavy atom. The predicted octanol–water partition coefficient (Wildman–Crippen LogP) is 1.10. The van der Waals surface area contributed by atoms with Crippen LogP contribution in [0.4, 0.5) is 5.69 Å². The fourth-order valence-corrected chi connectivity index (χ4v) is 1.27. The van der Waals surface area contributed by atoms with Crippen LogP contribution >= 0.6 is 0 Å². The summed E-state index contributed by atoms with van der Waals surface area (Å²) in [4.78, 5) is 0. The second-order valence-electron chi connectivity index (χ2n) is 3.78. The number of aromatic nitrogens is 2. The van der Waals surface area contributed by atoms with E-state index in [2.05, 4.69) is 24.3 Å². The lowest BCUT2D eigenvalue weighted by Gasteiger charge is -2.09. The zero-order valence-electron chi connectivity index (χ0n) is 10.0. The van der Waals surface area contributed by atoms with Crippen LogP contribution < -0.4 is 5.32 Å². The predicted molar refractivity (Wildman–Crippen MR) is 63.5 cm³/mol. The molecule has 0 fully saturated rings. The van der Waals surface area contributed by atoms with Crippen molar-refractivity contribution >= 4 is 5.69 Å². The van der Waals surface area contributed by atoms with Crippen LogP contribution in [-0.2, 0) is 11.3 Å². The average molecular weight is 227 g/mol. The van der Waals surface area contributed by atoms with E-state index in [1.165, 1.54) is 0 Å². The van der Waals surface area contributed by atoms with Gasteiger partial charge < -0.3 is 15.2 Å². The highest BCUT2D eigenvalue weighted by Gasteiger charge is 2.01. The third-order valence-electron chi connectivity index (χ3n) is 2.36. The van der Waals surface area contributed by atoms with Crippen LogP contribution in [0.2, 0.25) is 0 Å². The van der Waals surface area contributed by atoms with Crippen molar-refractivity contribution in [3.63, 3.8) is 0 Å². The summed E-state index contributed by atoms with van der Waals surface area (Å²) in [5, 5.41) is 16.1. The van der Waals surface area contributed by atoms with Crippen molar-refractivity contribution in [2.24, 2.45) is 0 Å². The topological polar surface area (TPSA) is 59.3 Å². The molecule has 0 radical (unpaired) electrons. The SMILES string of the molecule is CCC(C)Nc1cnn(CCOCCO)c1. The van der Waals surface area contributed by atoms with Crippen LogP contribution in [0.1, 0.15) is 20.3 Å². The molecule has 5 nitrogen and oxygen atoms in total. The van der Waals surface area contributed by atoms with Gasteiger partial charge in [-0.3, -0.25) is 4.68 Å². The largest absolute Gasteiger partial charge is 0.394 e. The van der Waals surface area contributed by atoms with Gasteiger partial charge in [0.05, 0.1) is 38.2 Å². The van der Waals surface area contributed by atoms with Crippen molar-refractivity contribution in [3.05, 3.63) is 12.4 Å². The van der Waals surface area contributed by atoms with E-state index >= 15 is 0 Å². The number of nitrogens with zero attached hydrogens (tertiary/aromatic N) is 2. The van der Waals surface area contributed by atoms with Gasteiger partial charge in [0.2, 0.25) is 0 Å². The fourth-order valence-electron chi connectivity index (χ4n) is 1.27. The molecule has 1 aromatic rings. The summed E-state index contributed by atoms with van der Waals surface area (Å²) >= 11 is 0. The molecule has 1 aromatic heterocycles. The first-order valence-corrected chi connectivity index (χ1v) is 5.73. The number of ether oxygens (including phenoxy) is 1. The van der Waals surface area contributed by atoms with Crippen molar-refractivity contribution in [1.82, 2.24) is 9.78 Å². The molecule has 0 aliphatic heterocycles. The lowest BCUT2D eigenvalue weighted by atomic mass is 10.2. The maximum atomic E-state index is 8.54. The van der Waals surface area contributed by atoms with Crippen LogP contribution in [0.3, 0.4) is 0 Å². The quantitative estimate of drug-likeness (QED) is 0.653. The van der Waals surface area contributed by atoms with Crippen molar-refractivity contribution in [3.8, 4) is 0 Å². The molecule has 0 spiro atoms. The van der Waals surface area contributed by atoms with Gasteiger partial charge in [0, 0.05) is 12.2 Å². The Balaban J connectivity index is 2.28. The highest BCUT2D eigenvalue weighted by atomic mass is 16.5. The number of aliphatic hydroxyl groups excluding tert-OH is 1. The molecule has 0 amide bonds. The van der Waals surface area contributed by atoms with Gasteiger partial charge in [0.15, 0.2) is 0 Å². The lowest BCUT2D eigenvalue weighted by molar-refractivity contribution is 0.0854. The Morgan fingerprint density at radius 1 is 1.56 bits per heavy atom. The molecule has 0 aliphatic rings. The molecule has 1 rings (SSSR count). The van der Waals surface area contributed by atoms with Gasteiger partial charge in [0.1, 0.15) is 0 Å². The number of aliphatic hydroxyl groups is 1. The van der Waals surface area contributed by atoms with Crippen molar-refractivity contribution in [1.29, 1.82) is 0 Å². The number of anilines is 1. The molecule has 2 N–H and O–H groups in total. The van der Waals surface area contributed by atoms with Gasteiger partial charge in [-0.05, 0) is 13.3 Å². The smallest absolute Gasteiger partial charge is 0.0728 e. The van der Waals surface area contributed by atoms with Crippen LogP contribution in [0, 0.1) is 0 Å². The number of rotatable bonds is 8. The highest BCUT2D eigenvalue weighted by Crippen LogP contribution is 2.07. The summed E-state index contributed by atoms with van der Waals surface area (Å²) in [6.45, 7) is 6.03. The zero-order chi connectivity index (χ0) is 11.8. The Bertz CT molecular complexity index is 289. The van der Waals surface area contributed by atoms with E-state index in [4.69, 9.17) is 9.84 Å². The summed E-state index contributed by atoms with van der Waals surface area (Å²) in [6, 6.07) is 0.461. The molecule has 5 heteroatoms. The molecule has 0 aromatic carbocycles. The first kappa shape index (κ1) is 13.0. The molecule has 0 saturated heterocycles. The van der Waals surface area contributed by atoms with E-state index in [-0.39, 0.29) is 6.61 Å². The molecule has 1 unspecified atom stereocenters. The minimum Gasteiger partial charge on any atom is -0.394 e. The van der Waals surface area contributed by atoms with E-state index in [1.54, 1.807) is 0 Å². The summed E-state index contributed by atoms with van der Waals surface area (Å²) in [5.74, 6) is 0. The van der Waals surface area contributed by atoms with E-state index in [9.17, 15) is 0 Å². The van der Waals surface area contributed by atoms with Crippen molar-refractivity contribution < 1.29 is 9.84 Å². The lowest BCUT2D eigenvalue weighted by Crippen LogP contribution is -2.13. The molecular formula is C11H21N3O2. The third kappa shape index (κ3) is 4.63. The molecule has 16 heavy (non-hydrogen) atoms. The summed E-state index contributed by atoms with van der Waals surface area (Å²) < 4.78 is 7.00. The van der Waals surface area contributed by atoms with Crippen LogP contribution in [0.15, 0.2) is 12.4 Å². The van der Waals surface area contributed by atoms with E-state index in [0.717, 1.165) is 12.1 Å². The maximum absolute atomic E-state index is 8.54. The van der Waals surface area contributed by atoms with E-state index in [1.807, 2.05) is 17.1 Å². The second kappa shape index (κ2) is 7.24. The van der Waals surface area contributed by atoms with Gasteiger partial charge in [-0.1, -0.05) is 6.92 Å².